The molecule has 0 amide bonds. The Morgan fingerprint density at radius 2 is 2.00 bits per heavy atom. The summed E-state index contributed by atoms with van der Waals surface area (Å²) < 4.78 is 32.5. The normalized spacial score (nSPS) is 21.6. The summed E-state index contributed by atoms with van der Waals surface area (Å²) in [6, 6.07) is 9.63. The summed E-state index contributed by atoms with van der Waals surface area (Å²) in [7, 11) is 1.03. The van der Waals surface area contributed by atoms with Crippen molar-refractivity contribution >= 4 is 38.7 Å². The maximum atomic E-state index is 16.0. The molecule has 0 aliphatic carbocycles. The third-order valence-corrected chi connectivity index (χ3v) is 5.44. The van der Waals surface area contributed by atoms with Gasteiger partial charge in [-0.15, -0.1) is 0 Å². The summed E-state index contributed by atoms with van der Waals surface area (Å²) in [6.45, 7) is 1.80. The zero-order chi connectivity index (χ0) is 19.3. The van der Waals surface area contributed by atoms with Crippen LogP contribution < -0.4 is 4.74 Å². The van der Waals surface area contributed by atoms with Gasteiger partial charge in [0.2, 0.25) is 5.78 Å². The van der Waals surface area contributed by atoms with Crippen molar-refractivity contribution in [3.8, 4) is 5.75 Å². The van der Waals surface area contributed by atoms with Gasteiger partial charge in [0.25, 0.3) is 0 Å². The molecule has 0 bridgehead atoms. The van der Waals surface area contributed by atoms with Gasteiger partial charge in [-0.3, -0.25) is 4.79 Å². The Balaban J connectivity index is 2.02. The Morgan fingerprint density at radius 1 is 1.26 bits per heavy atom. The van der Waals surface area contributed by atoms with Crippen LogP contribution >= 0.6 is 15.9 Å². The maximum absolute atomic E-state index is 16.0. The van der Waals surface area contributed by atoms with Crippen molar-refractivity contribution in [3.63, 3.8) is 0 Å². The van der Waals surface area contributed by atoms with Gasteiger partial charge in [-0.25, -0.2) is 9.18 Å². The highest BCUT2D eigenvalue weighted by Gasteiger charge is 2.60. The molecule has 0 spiro atoms. The summed E-state index contributed by atoms with van der Waals surface area (Å²) in [5.41, 5.74) is -1.47. The smallest absolute Gasteiger partial charge is 0.356 e. The summed E-state index contributed by atoms with van der Waals surface area (Å²) in [6.07, 6.45) is 0.0181. The predicted octanol–water partition coefficient (Wildman–Crippen LogP) is 4.70. The second-order valence-corrected chi connectivity index (χ2v) is 7.14. The number of furan rings is 1. The highest BCUT2D eigenvalue weighted by Crippen LogP contribution is 2.49. The van der Waals surface area contributed by atoms with Crippen molar-refractivity contribution < 1.29 is 27.9 Å². The van der Waals surface area contributed by atoms with E-state index in [4.69, 9.17) is 9.15 Å². The molecule has 2 atom stereocenters. The van der Waals surface area contributed by atoms with Crippen LogP contribution in [-0.4, -0.2) is 24.5 Å². The van der Waals surface area contributed by atoms with E-state index in [0.717, 1.165) is 12.7 Å². The zero-order valence-electron chi connectivity index (χ0n) is 14.4. The highest BCUT2D eigenvalue weighted by atomic mass is 79.9. The number of fused-ring (bicyclic) bond motifs is 3. The van der Waals surface area contributed by atoms with E-state index >= 15 is 4.39 Å². The molecule has 2 heterocycles. The molecule has 0 fully saturated rings. The number of hydrogen-bond acceptors (Lipinski definition) is 5. The molecular formula is C20H14BrFO5. The molecule has 1 aromatic heterocycles. The molecule has 138 valence electrons. The second kappa shape index (κ2) is 6.20. The summed E-state index contributed by atoms with van der Waals surface area (Å²) in [4.78, 5) is 25.5. The number of ketones is 1. The number of hydrogen-bond donors (Lipinski definition) is 0. The molecule has 0 saturated carbocycles. The van der Waals surface area contributed by atoms with E-state index in [9.17, 15) is 9.59 Å². The number of rotatable bonds is 2. The van der Waals surface area contributed by atoms with Crippen LogP contribution in [0.15, 0.2) is 51.6 Å². The predicted molar refractivity (Wildman–Crippen MR) is 98.6 cm³/mol. The lowest BCUT2D eigenvalue weighted by Crippen LogP contribution is -2.53. The van der Waals surface area contributed by atoms with Gasteiger partial charge < -0.3 is 13.9 Å². The van der Waals surface area contributed by atoms with Crippen LogP contribution in [0.4, 0.5) is 4.39 Å². The molecule has 3 aromatic rings. The van der Waals surface area contributed by atoms with Gasteiger partial charge in [-0.2, -0.15) is 0 Å². The van der Waals surface area contributed by atoms with Crippen LogP contribution in [0.5, 0.6) is 5.75 Å². The lowest BCUT2D eigenvalue weighted by atomic mass is 9.82. The number of esters is 1. The van der Waals surface area contributed by atoms with Crippen LogP contribution in [0, 0.1) is 6.92 Å². The minimum atomic E-state index is -3.02. The Labute approximate surface area is 162 Å². The summed E-state index contributed by atoms with van der Waals surface area (Å²) >= 11 is 3.34. The van der Waals surface area contributed by atoms with Gasteiger partial charge in [0.05, 0.1) is 24.3 Å². The standard InChI is InChI=1S/C20H14BrFO5/c1-10-9-26-14-8-7-12-16(15(10)14)27-18(11-5-3-4-6-13(11)21)20(22,17(12)23)19(24)25-2/h3-9,18H,1-2H3. The van der Waals surface area contributed by atoms with E-state index in [-0.39, 0.29) is 11.3 Å². The number of aryl methyl sites for hydroxylation is 1. The Bertz CT molecular complexity index is 1090. The largest absolute Gasteiger partial charge is 0.480 e. The molecule has 2 unspecified atom stereocenters. The first-order valence-corrected chi connectivity index (χ1v) is 8.93. The molecule has 5 nitrogen and oxygen atoms in total. The molecule has 0 radical (unpaired) electrons. The van der Waals surface area contributed by atoms with Crippen LogP contribution in [0.25, 0.3) is 11.0 Å². The number of halogens is 2. The number of carbonyl (C=O) groups excluding carboxylic acids is 2. The van der Waals surface area contributed by atoms with Crippen molar-refractivity contribution in [2.45, 2.75) is 18.7 Å². The first-order chi connectivity index (χ1) is 12.9. The lowest BCUT2D eigenvalue weighted by molar-refractivity contribution is -0.157. The quantitative estimate of drug-likeness (QED) is 0.433. The maximum Gasteiger partial charge on any atom is 0.356 e. The Morgan fingerprint density at radius 3 is 2.70 bits per heavy atom. The Kier molecular flexibility index (Phi) is 4.07. The van der Waals surface area contributed by atoms with Crippen LogP contribution in [-0.2, 0) is 9.53 Å². The summed E-state index contributed by atoms with van der Waals surface area (Å²) in [5.74, 6) is -2.11. The van der Waals surface area contributed by atoms with Crippen molar-refractivity contribution in [1.29, 1.82) is 0 Å². The number of methoxy groups -OCH3 is 1. The molecular weight excluding hydrogens is 419 g/mol. The third-order valence-electron chi connectivity index (χ3n) is 4.72. The van der Waals surface area contributed by atoms with Gasteiger partial charge in [0.1, 0.15) is 11.3 Å². The van der Waals surface area contributed by atoms with Crippen molar-refractivity contribution in [2.24, 2.45) is 0 Å². The molecule has 0 saturated heterocycles. The van der Waals surface area contributed by atoms with Crippen LogP contribution in [0.1, 0.15) is 27.6 Å². The number of ether oxygens (including phenoxy) is 2. The molecule has 4 rings (SSSR count). The fourth-order valence-electron chi connectivity index (χ4n) is 3.38. The van der Waals surface area contributed by atoms with Gasteiger partial charge in [0, 0.05) is 10.0 Å². The number of carbonyl (C=O) groups is 2. The van der Waals surface area contributed by atoms with E-state index < -0.39 is 23.5 Å². The fourth-order valence-corrected chi connectivity index (χ4v) is 3.87. The SMILES string of the molecule is COC(=O)C1(F)C(=O)c2ccc3occ(C)c3c2OC1c1ccccc1Br. The van der Waals surface area contributed by atoms with Crippen LogP contribution in [0.2, 0.25) is 0 Å². The average molecular weight is 433 g/mol. The van der Waals surface area contributed by atoms with Crippen LogP contribution in [0.3, 0.4) is 0 Å². The molecule has 1 aliphatic rings. The van der Waals surface area contributed by atoms with E-state index in [1.54, 1.807) is 37.3 Å². The topological polar surface area (TPSA) is 65.7 Å². The zero-order valence-corrected chi connectivity index (χ0v) is 16.0. The highest BCUT2D eigenvalue weighted by molar-refractivity contribution is 9.10. The van der Waals surface area contributed by atoms with E-state index in [1.807, 2.05) is 0 Å². The average Bonchev–Trinajstić information content (AvgIpc) is 3.05. The van der Waals surface area contributed by atoms with Crippen molar-refractivity contribution in [2.75, 3.05) is 7.11 Å². The number of Topliss-reactive ketones (excluding diaryl/α,β-unsaturated/α-hetero) is 1. The molecule has 1 aliphatic heterocycles. The van der Waals surface area contributed by atoms with E-state index in [0.29, 0.717) is 21.0 Å². The molecule has 2 aromatic carbocycles. The first-order valence-electron chi connectivity index (χ1n) is 8.13. The van der Waals surface area contributed by atoms with Crippen molar-refractivity contribution in [3.05, 3.63) is 63.8 Å². The first kappa shape index (κ1) is 17.7. The summed E-state index contributed by atoms with van der Waals surface area (Å²) in [5, 5.41) is 0.574. The van der Waals surface area contributed by atoms with Gasteiger partial charge in [-0.05, 0) is 30.7 Å². The monoisotopic (exact) mass is 432 g/mol. The second-order valence-electron chi connectivity index (χ2n) is 6.29. The van der Waals surface area contributed by atoms with E-state index in [1.165, 1.54) is 12.3 Å². The lowest BCUT2D eigenvalue weighted by Gasteiger charge is -2.36. The molecule has 0 N–H and O–H groups in total. The minimum absolute atomic E-state index is 0.0248. The molecule has 27 heavy (non-hydrogen) atoms. The van der Waals surface area contributed by atoms with Gasteiger partial charge in [0.15, 0.2) is 6.10 Å². The third kappa shape index (κ3) is 2.41. The fraction of sp³-hybridized carbons (Fsp3) is 0.200. The van der Waals surface area contributed by atoms with Gasteiger partial charge >= 0.3 is 11.6 Å². The number of benzene rings is 2. The number of alkyl halides is 1. The van der Waals surface area contributed by atoms with Crippen molar-refractivity contribution in [1.82, 2.24) is 0 Å². The van der Waals surface area contributed by atoms with Gasteiger partial charge in [-0.1, -0.05) is 34.1 Å². The van der Waals surface area contributed by atoms with E-state index in [2.05, 4.69) is 20.7 Å². The molecule has 7 heteroatoms. The minimum Gasteiger partial charge on any atom is -0.480 e. The Hall–Kier alpha value is -2.67.